The number of halogens is 1. The van der Waals surface area contributed by atoms with E-state index in [1.165, 1.54) is 15.3 Å². The molecule has 2 heterocycles. The summed E-state index contributed by atoms with van der Waals surface area (Å²) >= 11 is 1.86. The van der Waals surface area contributed by atoms with Crippen LogP contribution in [0.3, 0.4) is 0 Å². The second-order valence-electron chi connectivity index (χ2n) is 5.74. The molecule has 1 aliphatic rings. The number of nitrogens with one attached hydrogen (secondary N) is 1. The van der Waals surface area contributed by atoms with E-state index < -0.39 is 0 Å². The van der Waals surface area contributed by atoms with Crippen molar-refractivity contribution in [2.24, 2.45) is 0 Å². The molecule has 0 bridgehead atoms. The number of rotatable bonds is 5. The van der Waals surface area contributed by atoms with Gasteiger partial charge in [0.15, 0.2) is 0 Å². The van der Waals surface area contributed by atoms with Gasteiger partial charge in [0.1, 0.15) is 0 Å². The van der Waals surface area contributed by atoms with Crippen molar-refractivity contribution in [3.8, 4) is 0 Å². The van der Waals surface area contributed by atoms with Gasteiger partial charge in [-0.2, -0.15) is 0 Å². The van der Waals surface area contributed by atoms with Crippen LogP contribution in [0.4, 0.5) is 0 Å². The van der Waals surface area contributed by atoms with E-state index in [-0.39, 0.29) is 12.4 Å². The van der Waals surface area contributed by atoms with Crippen molar-refractivity contribution in [2.45, 2.75) is 52.0 Å². The molecular formula is C16H27ClN2OS. The molecule has 21 heavy (non-hydrogen) atoms. The molecule has 1 aliphatic heterocycles. The summed E-state index contributed by atoms with van der Waals surface area (Å²) in [6.45, 7) is 6.16. The zero-order chi connectivity index (χ0) is 14.5. The number of amides is 1. The smallest absolute Gasteiger partial charge is 0.222 e. The molecule has 1 aromatic rings. The average Bonchev–Trinajstić information content (AvgIpc) is 2.77. The van der Waals surface area contributed by atoms with Gasteiger partial charge in [-0.25, -0.2) is 0 Å². The van der Waals surface area contributed by atoms with Gasteiger partial charge in [-0.1, -0.05) is 0 Å². The number of carbonyl (C=O) groups is 1. The lowest BCUT2D eigenvalue weighted by atomic mass is 10.0. The zero-order valence-electron chi connectivity index (χ0n) is 13.3. The van der Waals surface area contributed by atoms with E-state index >= 15 is 0 Å². The second kappa shape index (κ2) is 8.76. The Morgan fingerprint density at radius 1 is 1.38 bits per heavy atom. The molecule has 1 fully saturated rings. The molecule has 0 saturated carbocycles. The van der Waals surface area contributed by atoms with Crippen molar-refractivity contribution < 1.29 is 4.79 Å². The number of carbonyl (C=O) groups excluding carboxylic acids is 1. The molecule has 0 aromatic carbocycles. The van der Waals surface area contributed by atoms with Crippen molar-refractivity contribution in [3.63, 3.8) is 0 Å². The van der Waals surface area contributed by atoms with Crippen molar-refractivity contribution in [1.82, 2.24) is 10.2 Å². The van der Waals surface area contributed by atoms with Gasteiger partial charge in [-0.3, -0.25) is 4.79 Å². The van der Waals surface area contributed by atoms with E-state index in [0.717, 1.165) is 38.8 Å². The normalized spacial score (nSPS) is 15.9. The molecular weight excluding hydrogens is 304 g/mol. The Kier molecular flexibility index (Phi) is 7.71. The summed E-state index contributed by atoms with van der Waals surface area (Å²) in [4.78, 5) is 17.0. The molecule has 0 radical (unpaired) electrons. The number of hydrogen-bond acceptors (Lipinski definition) is 3. The van der Waals surface area contributed by atoms with E-state index in [9.17, 15) is 4.79 Å². The predicted molar refractivity (Wildman–Crippen MR) is 92.6 cm³/mol. The largest absolute Gasteiger partial charge is 0.343 e. The van der Waals surface area contributed by atoms with E-state index in [2.05, 4.69) is 25.2 Å². The number of aryl methyl sites for hydroxylation is 3. The Morgan fingerprint density at radius 2 is 2.05 bits per heavy atom. The quantitative estimate of drug-likeness (QED) is 0.898. The lowest BCUT2D eigenvalue weighted by molar-refractivity contribution is -0.132. The highest BCUT2D eigenvalue weighted by molar-refractivity contribution is 7.12. The van der Waals surface area contributed by atoms with Crippen molar-refractivity contribution in [2.75, 3.05) is 20.1 Å². The third kappa shape index (κ3) is 5.28. The lowest BCUT2D eigenvalue weighted by Gasteiger charge is -2.31. The van der Waals surface area contributed by atoms with Gasteiger partial charge in [0.2, 0.25) is 5.91 Å². The maximum absolute atomic E-state index is 12.2. The van der Waals surface area contributed by atoms with Crippen LogP contribution >= 0.6 is 23.7 Å². The number of piperidine rings is 1. The minimum absolute atomic E-state index is 0. The fourth-order valence-corrected chi connectivity index (χ4v) is 3.91. The van der Waals surface area contributed by atoms with Gasteiger partial charge in [-0.05, 0) is 58.2 Å². The molecule has 1 amide bonds. The van der Waals surface area contributed by atoms with Crippen LogP contribution in [0.2, 0.25) is 0 Å². The molecule has 3 nitrogen and oxygen atoms in total. The van der Waals surface area contributed by atoms with E-state index in [1.54, 1.807) is 0 Å². The molecule has 120 valence electrons. The monoisotopic (exact) mass is 330 g/mol. The highest BCUT2D eigenvalue weighted by Gasteiger charge is 2.21. The molecule has 0 spiro atoms. The van der Waals surface area contributed by atoms with Crippen LogP contribution in [0.1, 0.15) is 41.0 Å². The predicted octanol–water partition coefficient (Wildman–Crippen LogP) is 3.32. The topological polar surface area (TPSA) is 32.3 Å². The molecule has 0 aliphatic carbocycles. The van der Waals surface area contributed by atoms with Crippen LogP contribution in [-0.2, 0) is 11.2 Å². The SMILES string of the molecule is CNC1CCN(C(=O)CCCc2cc(C)sc2C)CC1.Cl. The Labute approximate surface area is 138 Å². The van der Waals surface area contributed by atoms with Crippen LogP contribution in [0, 0.1) is 13.8 Å². The van der Waals surface area contributed by atoms with Crippen LogP contribution in [0.5, 0.6) is 0 Å². The average molecular weight is 331 g/mol. The molecule has 2 rings (SSSR count). The third-order valence-corrected chi connectivity index (χ3v) is 5.24. The Morgan fingerprint density at radius 3 is 2.57 bits per heavy atom. The van der Waals surface area contributed by atoms with Crippen LogP contribution in [-0.4, -0.2) is 37.0 Å². The summed E-state index contributed by atoms with van der Waals surface area (Å²) in [5.74, 6) is 0.337. The van der Waals surface area contributed by atoms with E-state index in [0.29, 0.717) is 18.4 Å². The van der Waals surface area contributed by atoms with Crippen molar-refractivity contribution >= 4 is 29.7 Å². The minimum atomic E-state index is 0. The number of nitrogens with zero attached hydrogens (tertiary/aromatic N) is 1. The first kappa shape index (κ1) is 18.5. The molecule has 1 N–H and O–H groups in total. The van der Waals surface area contributed by atoms with Gasteiger partial charge in [-0.15, -0.1) is 23.7 Å². The maximum Gasteiger partial charge on any atom is 0.222 e. The molecule has 1 aromatic heterocycles. The Bertz CT molecular complexity index is 453. The number of thiophene rings is 1. The van der Waals surface area contributed by atoms with Gasteiger partial charge in [0.05, 0.1) is 0 Å². The summed E-state index contributed by atoms with van der Waals surface area (Å²) in [5.41, 5.74) is 1.43. The van der Waals surface area contributed by atoms with Gasteiger partial charge in [0, 0.05) is 35.3 Å². The summed E-state index contributed by atoms with van der Waals surface area (Å²) in [6.07, 6.45) is 4.88. The maximum atomic E-state index is 12.2. The van der Waals surface area contributed by atoms with E-state index in [1.807, 2.05) is 23.3 Å². The fraction of sp³-hybridized carbons (Fsp3) is 0.688. The van der Waals surface area contributed by atoms with Gasteiger partial charge >= 0.3 is 0 Å². The Hall–Kier alpha value is -0.580. The summed E-state index contributed by atoms with van der Waals surface area (Å²) in [7, 11) is 2.01. The highest BCUT2D eigenvalue weighted by Crippen LogP contribution is 2.22. The fourth-order valence-electron chi connectivity index (χ4n) is 2.94. The Balaban J connectivity index is 0.00000220. The summed E-state index contributed by atoms with van der Waals surface area (Å²) in [5, 5.41) is 3.30. The molecule has 5 heteroatoms. The lowest BCUT2D eigenvalue weighted by Crippen LogP contribution is -2.43. The van der Waals surface area contributed by atoms with Crippen molar-refractivity contribution in [3.05, 3.63) is 21.4 Å². The third-order valence-electron chi connectivity index (χ3n) is 4.24. The molecule has 0 unspecified atom stereocenters. The molecule has 1 saturated heterocycles. The first-order chi connectivity index (χ1) is 9.60. The number of hydrogen-bond donors (Lipinski definition) is 1. The second-order valence-corrected chi connectivity index (χ2v) is 7.20. The van der Waals surface area contributed by atoms with Gasteiger partial charge < -0.3 is 10.2 Å². The van der Waals surface area contributed by atoms with Crippen LogP contribution in [0.15, 0.2) is 6.07 Å². The number of likely N-dealkylation sites (tertiary alicyclic amines) is 1. The van der Waals surface area contributed by atoms with Crippen LogP contribution in [0.25, 0.3) is 0 Å². The summed E-state index contributed by atoms with van der Waals surface area (Å²) < 4.78 is 0. The molecule has 0 atom stereocenters. The van der Waals surface area contributed by atoms with Gasteiger partial charge in [0.25, 0.3) is 0 Å². The first-order valence-electron chi connectivity index (χ1n) is 7.61. The van der Waals surface area contributed by atoms with E-state index in [4.69, 9.17) is 0 Å². The first-order valence-corrected chi connectivity index (χ1v) is 8.42. The highest BCUT2D eigenvalue weighted by atomic mass is 35.5. The standard InChI is InChI=1S/C16H26N2OS.ClH/c1-12-11-14(13(2)20-12)5-4-6-16(19)18-9-7-15(17-3)8-10-18;/h11,15,17H,4-10H2,1-3H3;1H. The van der Waals surface area contributed by atoms with Crippen LogP contribution < -0.4 is 5.32 Å². The van der Waals surface area contributed by atoms with Crippen molar-refractivity contribution in [1.29, 1.82) is 0 Å². The summed E-state index contributed by atoms with van der Waals surface area (Å²) in [6, 6.07) is 2.86. The zero-order valence-corrected chi connectivity index (χ0v) is 14.9. The minimum Gasteiger partial charge on any atom is -0.343 e.